The molecule has 0 spiro atoms. The normalized spacial score (nSPS) is 42.0. The van der Waals surface area contributed by atoms with Gasteiger partial charge in [-0.2, -0.15) is 0 Å². The molecule has 4 saturated carbocycles. The van der Waals surface area contributed by atoms with Crippen molar-refractivity contribution in [3.8, 4) is 0 Å². The number of pyridine rings is 1. The van der Waals surface area contributed by atoms with Crippen LogP contribution in [0.4, 0.5) is 0 Å². The van der Waals surface area contributed by atoms with Gasteiger partial charge in [0, 0.05) is 29.9 Å². The molecule has 1 aromatic carbocycles. The zero-order valence-electron chi connectivity index (χ0n) is 22.3. The molecular formula is C32H46N2. The Bertz CT molecular complexity index is 1040. The van der Waals surface area contributed by atoms with Crippen LogP contribution in [0.15, 0.2) is 36.7 Å². The smallest absolute Gasteiger partial charge is 0.0346 e. The number of aromatic nitrogens is 1. The van der Waals surface area contributed by atoms with Crippen molar-refractivity contribution < 1.29 is 0 Å². The molecule has 4 aliphatic carbocycles. The van der Waals surface area contributed by atoms with Gasteiger partial charge >= 0.3 is 0 Å². The average Bonchev–Trinajstić information content (AvgIpc) is 3.20. The molecule has 2 nitrogen and oxygen atoms in total. The van der Waals surface area contributed by atoms with Crippen molar-refractivity contribution in [3.63, 3.8) is 0 Å². The van der Waals surface area contributed by atoms with Crippen LogP contribution in [0, 0.1) is 34.5 Å². The van der Waals surface area contributed by atoms with Crippen molar-refractivity contribution in [1.82, 2.24) is 9.88 Å². The first-order valence-electron chi connectivity index (χ1n) is 14.4. The van der Waals surface area contributed by atoms with Gasteiger partial charge in [0.25, 0.3) is 0 Å². The third-order valence-corrected chi connectivity index (χ3v) is 12.1. The summed E-state index contributed by atoms with van der Waals surface area (Å²) in [5, 5.41) is 2.64. The SMILES string of the molecule is CC(C)N(C)C1CCC2(C)C(CCC3C2CCC2(C)C(c4ccc5ccncc5c4)CCC32)C1. The molecule has 4 aliphatic rings. The fourth-order valence-electron chi connectivity index (χ4n) is 9.89. The fourth-order valence-corrected chi connectivity index (χ4v) is 9.89. The van der Waals surface area contributed by atoms with Crippen LogP contribution in [0.5, 0.6) is 0 Å². The molecule has 6 rings (SSSR count). The second-order valence-corrected chi connectivity index (χ2v) is 13.5. The number of rotatable bonds is 3. The zero-order valence-corrected chi connectivity index (χ0v) is 22.3. The Kier molecular flexibility index (Phi) is 5.64. The van der Waals surface area contributed by atoms with Crippen LogP contribution in [0.2, 0.25) is 0 Å². The van der Waals surface area contributed by atoms with Gasteiger partial charge in [0.2, 0.25) is 0 Å². The Hall–Kier alpha value is -1.41. The molecule has 2 aromatic rings. The van der Waals surface area contributed by atoms with Gasteiger partial charge in [0.15, 0.2) is 0 Å². The van der Waals surface area contributed by atoms with E-state index in [9.17, 15) is 0 Å². The molecule has 8 atom stereocenters. The first-order chi connectivity index (χ1) is 16.3. The molecule has 1 aromatic heterocycles. The Morgan fingerprint density at radius 3 is 2.50 bits per heavy atom. The first kappa shape index (κ1) is 23.0. The number of hydrogen-bond acceptors (Lipinski definition) is 2. The largest absolute Gasteiger partial charge is 0.301 e. The van der Waals surface area contributed by atoms with Crippen LogP contribution in [0.1, 0.15) is 97.0 Å². The zero-order chi connectivity index (χ0) is 23.7. The number of nitrogens with zero attached hydrogens (tertiary/aromatic N) is 2. The van der Waals surface area contributed by atoms with E-state index in [1.165, 1.54) is 68.6 Å². The van der Waals surface area contributed by atoms with Crippen molar-refractivity contribution in [2.45, 2.75) is 103 Å². The molecule has 0 saturated heterocycles. The van der Waals surface area contributed by atoms with E-state index in [2.05, 4.69) is 75.1 Å². The van der Waals surface area contributed by atoms with Gasteiger partial charge in [-0.25, -0.2) is 0 Å². The maximum absolute atomic E-state index is 4.40. The second-order valence-electron chi connectivity index (χ2n) is 13.5. The number of benzene rings is 1. The van der Waals surface area contributed by atoms with Crippen molar-refractivity contribution in [2.75, 3.05) is 7.05 Å². The van der Waals surface area contributed by atoms with Crippen LogP contribution >= 0.6 is 0 Å². The molecule has 4 fully saturated rings. The summed E-state index contributed by atoms with van der Waals surface area (Å²) in [4.78, 5) is 7.07. The van der Waals surface area contributed by atoms with Crippen molar-refractivity contribution >= 4 is 10.8 Å². The lowest BCUT2D eigenvalue weighted by Crippen LogP contribution is -2.55. The predicted molar refractivity (Wildman–Crippen MR) is 143 cm³/mol. The molecule has 0 radical (unpaired) electrons. The van der Waals surface area contributed by atoms with E-state index in [0.29, 0.717) is 16.9 Å². The fraction of sp³-hybridized carbons (Fsp3) is 0.719. The summed E-state index contributed by atoms with van der Waals surface area (Å²) in [6, 6.07) is 10.9. The molecule has 8 unspecified atom stereocenters. The van der Waals surface area contributed by atoms with E-state index >= 15 is 0 Å². The lowest BCUT2D eigenvalue weighted by Gasteiger charge is -2.61. The molecule has 0 amide bonds. The summed E-state index contributed by atoms with van der Waals surface area (Å²) < 4.78 is 0. The Balaban J connectivity index is 1.24. The van der Waals surface area contributed by atoms with Gasteiger partial charge in [-0.1, -0.05) is 26.0 Å². The maximum atomic E-state index is 4.40. The summed E-state index contributed by atoms with van der Waals surface area (Å²) in [5.74, 6) is 4.53. The summed E-state index contributed by atoms with van der Waals surface area (Å²) in [5.41, 5.74) is 2.65. The summed E-state index contributed by atoms with van der Waals surface area (Å²) >= 11 is 0. The van der Waals surface area contributed by atoms with E-state index in [1.807, 2.05) is 6.20 Å². The summed E-state index contributed by atoms with van der Waals surface area (Å²) in [6.45, 7) is 10.2. The number of hydrogen-bond donors (Lipinski definition) is 0. The van der Waals surface area contributed by atoms with Gasteiger partial charge in [-0.05, 0) is 142 Å². The summed E-state index contributed by atoms with van der Waals surface area (Å²) in [6.07, 6.45) is 17.0. The lowest BCUT2D eigenvalue weighted by molar-refractivity contribution is -0.117. The second kappa shape index (κ2) is 8.32. The minimum Gasteiger partial charge on any atom is -0.301 e. The minimum absolute atomic E-state index is 0.481. The van der Waals surface area contributed by atoms with E-state index < -0.39 is 0 Å². The summed E-state index contributed by atoms with van der Waals surface area (Å²) in [7, 11) is 2.37. The molecule has 184 valence electrons. The third kappa shape index (κ3) is 3.41. The molecule has 0 N–H and O–H groups in total. The average molecular weight is 459 g/mol. The minimum atomic E-state index is 0.481. The van der Waals surface area contributed by atoms with E-state index in [0.717, 1.165) is 35.6 Å². The van der Waals surface area contributed by atoms with Gasteiger partial charge in [-0.15, -0.1) is 0 Å². The lowest BCUT2D eigenvalue weighted by atomic mass is 9.44. The molecule has 0 aliphatic heterocycles. The molecule has 34 heavy (non-hydrogen) atoms. The van der Waals surface area contributed by atoms with Gasteiger partial charge in [0.05, 0.1) is 0 Å². The molecule has 1 heterocycles. The highest BCUT2D eigenvalue weighted by Crippen LogP contribution is 2.69. The monoisotopic (exact) mass is 458 g/mol. The van der Waals surface area contributed by atoms with E-state index in [4.69, 9.17) is 0 Å². The third-order valence-electron chi connectivity index (χ3n) is 12.1. The topological polar surface area (TPSA) is 16.1 Å². The molecule has 2 heteroatoms. The van der Waals surface area contributed by atoms with Gasteiger partial charge in [-0.3, -0.25) is 4.98 Å². The van der Waals surface area contributed by atoms with Crippen molar-refractivity contribution in [1.29, 1.82) is 0 Å². The van der Waals surface area contributed by atoms with Crippen LogP contribution in [0.25, 0.3) is 10.8 Å². The highest BCUT2D eigenvalue weighted by Gasteiger charge is 2.60. The predicted octanol–water partition coefficient (Wildman–Crippen LogP) is 8.07. The number of fused-ring (bicyclic) bond motifs is 6. The van der Waals surface area contributed by atoms with Crippen LogP contribution in [0.3, 0.4) is 0 Å². The van der Waals surface area contributed by atoms with Crippen LogP contribution in [-0.4, -0.2) is 29.0 Å². The van der Waals surface area contributed by atoms with Gasteiger partial charge in [0.1, 0.15) is 0 Å². The Morgan fingerprint density at radius 1 is 0.882 bits per heavy atom. The molecular weight excluding hydrogens is 412 g/mol. The van der Waals surface area contributed by atoms with E-state index in [-0.39, 0.29) is 0 Å². The highest BCUT2D eigenvalue weighted by atomic mass is 15.1. The maximum Gasteiger partial charge on any atom is 0.0346 e. The standard InChI is InChI=1S/C32H46N2/c1-21(2)34(5)26-12-15-31(3)25(19-26)8-9-27-29-11-10-28(32(29,4)16-13-30(27)31)23-7-6-22-14-17-33-20-24(22)18-23/h6-7,14,17-18,20-21,25-30H,8-13,15-16,19H2,1-5H3. The van der Waals surface area contributed by atoms with Crippen LogP contribution in [-0.2, 0) is 0 Å². The quantitative estimate of drug-likeness (QED) is 0.462. The van der Waals surface area contributed by atoms with E-state index in [1.54, 1.807) is 5.56 Å². The highest BCUT2D eigenvalue weighted by molar-refractivity contribution is 5.82. The Labute approximate surface area is 207 Å². The van der Waals surface area contributed by atoms with Crippen molar-refractivity contribution in [3.05, 3.63) is 42.2 Å². The first-order valence-corrected chi connectivity index (χ1v) is 14.4. The van der Waals surface area contributed by atoms with Crippen molar-refractivity contribution in [2.24, 2.45) is 34.5 Å². The van der Waals surface area contributed by atoms with Gasteiger partial charge < -0.3 is 4.90 Å². The van der Waals surface area contributed by atoms with Crippen LogP contribution < -0.4 is 0 Å². The molecule has 0 bridgehead atoms. The Morgan fingerprint density at radius 2 is 1.68 bits per heavy atom.